The molecule has 0 saturated carbocycles. The van der Waals surface area contributed by atoms with E-state index in [4.69, 9.17) is 14.0 Å². The van der Waals surface area contributed by atoms with Gasteiger partial charge in [0.15, 0.2) is 18.2 Å². The third-order valence-corrected chi connectivity index (χ3v) is 4.01. The number of benzene rings is 1. The Balaban J connectivity index is 1.66. The minimum atomic E-state index is -0.573. The maximum Gasteiger partial charge on any atom is 0.316 e. The molecule has 0 fully saturated rings. The normalized spacial score (nSPS) is 10.2. The van der Waals surface area contributed by atoms with E-state index >= 15 is 0 Å². The molecule has 2 rings (SSSR count). The van der Waals surface area contributed by atoms with Crippen molar-refractivity contribution in [3.05, 3.63) is 41.7 Å². The average molecular weight is 378 g/mol. The molecule has 8 nitrogen and oxygen atoms in total. The second kappa shape index (κ2) is 9.62. The van der Waals surface area contributed by atoms with Crippen molar-refractivity contribution in [2.75, 3.05) is 30.5 Å². The SMILES string of the molecule is COc1cccc(C(=O)COC(=O)CSCC(=O)Nc2cc(C)on2)c1. The smallest absolute Gasteiger partial charge is 0.316 e. The van der Waals surface area contributed by atoms with Crippen molar-refractivity contribution < 1.29 is 28.4 Å². The van der Waals surface area contributed by atoms with Crippen molar-refractivity contribution in [3.63, 3.8) is 0 Å². The number of methoxy groups -OCH3 is 1. The van der Waals surface area contributed by atoms with E-state index < -0.39 is 5.97 Å². The number of thioether (sulfide) groups is 1. The lowest BCUT2D eigenvalue weighted by Crippen LogP contribution is -2.18. The van der Waals surface area contributed by atoms with Crippen LogP contribution in [0.15, 0.2) is 34.9 Å². The lowest BCUT2D eigenvalue weighted by molar-refractivity contribution is -0.139. The first-order chi connectivity index (χ1) is 12.5. The second-order valence-corrected chi connectivity index (χ2v) is 6.17. The van der Waals surface area contributed by atoms with Gasteiger partial charge < -0.3 is 19.3 Å². The molecule has 1 amide bonds. The average Bonchev–Trinajstić information content (AvgIpc) is 3.04. The molecule has 0 aliphatic carbocycles. The van der Waals surface area contributed by atoms with Crippen LogP contribution in [-0.2, 0) is 14.3 Å². The van der Waals surface area contributed by atoms with Crippen LogP contribution in [0.2, 0.25) is 0 Å². The number of amides is 1. The summed E-state index contributed by atoms with van der Waals surface area (Å²) in [4.78, 5) is 35.3. The maximum absolute atomic E-state index is 12.0. The Morgan fingerprint density at radius 1 is 1.23 bits per heavy atom. The van der Waals surface area contributed by atoms with Crippen LogP contribution in [0.1, 0.15) is 16.1 Å². The van der Waals surface area contributed by atoms with Crippen LogP contribution in [0.5, 0.6) is 5.75 Å². The fourth-order valence-corrected chi connectivity index (χ4v) is 2.51. The molecule has 1 aromatic carbocycles. The van der Waals surface area contributed by atoms with Gasteiger partial charge in [0.25, 0.3) is 0 Å². The highest BCUT2D eigenvalue weighted by Gasteiger charge is 2.12. The minimum Gasteiger partial charge on any atom is -0.497 e. The van der Waals surface area contributed by atoms with Crippen molar-refractivity contribution in [2.45, 2.75) is 6.92 Å². The molecular weight excluding hydrogens is 360 g/mol. The van der Waals surface area contributed by atoms with Crippen LogP contribution < -0.4 is 10.1 Å². The van der Waals surface area contributed by atoms with E-state index in [1.807, 2.05) is 0 Å². The van der Waals surface area contributed by atoms with Gasteiger partial charge in [0.2, 0.25) is 5.91 Å². The number of nitrogens with zero attached hydrogens (tertiary/aromatic N) is 1. The summed E-state index contributed by atoms with van der Waals surface area (Å²) in [6.45, 7) is 1.34. The van der Waals surface area contributed by atoms with Crippen LogP contribution in [0.25, 0.3) is 0 Å². The number of carbonyl (C=O) groups is 3. The minimum absolute atomic E-state index is 0.0450. The number of hydrogen-bond acceptors (Lipinski definition) is 8. The third kappa shape index (κ3) is 6.25. The van der Waals surface area contributed by atoms with Crippen LogP contribution in [0.3, 0.4) is 0 Å². The summed E-state index contributed by atoms with van der Waals surface area (Å²) in [7, 11) is 1.50. The summed E-state index contributed by atoms with van der Waals surface area (Å²) in [5.74, 6) is 0.228. The summed E-state index contributed by atoms with van der Waals surface area (Å²) < 4.78 is 14.8. The molecule has 0 unspecified atom stereocenters. The number of carbonyl (C=O) groups excluding carboxylic acids is 3. The molecule has 0 spiro atoms. The first kappa shape index (κ1) is 19.5. The first-order valence-electron chi connectivity index (χ1n) is 7.61. The van der Waals surface area contributed by atoms with Crippen molar-refractivity contribution >= 4 is 35.2 Å². The summed E-state index contributed by atoms with van der Waals surface area (Å²) in [5, 5.41) is 6.17. The van der Waals surface area contributed by atoms with Gasteiger partial charge in [-0.1, -0.05) is 17.3 Å². The summed E-state index contributed by atoms with van der Waals surface area (Å²) in [6.07, 6.45) is 0. The molecular formula is C17H18N2O6S. The van der Waals surface area contributed by atoms with Gasteiger partial charge in [-0.3, -0.25) is 14.4 Å². The zero-order chi connectivity index (χ0) is 18.9. The van der Waals surface area contributed by atoms with Gasteiger partial charge in [0.05, 0.1) is 18.6 Å². The van der Waals surface area contributed by atoms with Gasteiger partial charge in [-0.15, -0.1) is 11.8 Å². The number of aromatic nitrogens is 1. The topological polar surface area (TPSA) is 108 Å². The number of hydrogen-bond donors (Lipinski definition) is 1. The fraction of sp³-hybridized carbons (Fsp3) is 0.294. The molecule has 1 aromatic heterocycles. The monoisotopic (exact) mass is 378 g/mol. The molecule has 26 heavy (non-hydrogen) atoms. The van der Waals surface area contributed by atoms with E-state index in [0.717, 1.165) is 11.8 Å². The molecule has 0 aliphatic heterocycles. The highest BCUT2D eigenvalue weighted by molar-refractivity contribution is 8.00. The number of Topliss-reactive ketones (excluding diaryl/α,β-unsaturated/α-hetero) is 1. The highest BCUT2D eigenvalue weighted by atomic mass is 32.2. The molecule has 1 N–H and O–H groups in total. The molecule has 1 heterocycles. The van der Waals surface area contributed by atoms with Gasteiger partial charge in [-0.2, -0.15) is 0 Å². The Bertz CT molecular complexity index is 789. The zero-order valence-corrected chi connectivity index (χ0v) is 15.1. The lowest BCUT2D eigenvalue weighted by atomic mass is 10.1. The predicted molar refractivity (Wildman–Crippen MR) is 95.5 cm³/mol. The number of esters is 1. The molecule has 138 valence electrons. The molecule has 0 radical (unpaired) electrons. The Morgan fingerprint density at radius 3 is 2.73 bits per heavy atom. The van der Waals surface area contributed by atoms with E-state index in [1.165, 1.54) is 7.11 Å². The van der Waals surface area contributed by atoms with E-state index in [1.54, 1.807) is 37.3 Å². The largest absolute Gasteiger partial charge is 0.497 e. The van der Waals surface area contributed by atoms with E-state index in [-0.39, 0.29) is 29.8 Å². The van der Waals surface area contributed by atoms with Crippen molar-refractivity contribution in [3.8, 4) is 5.75 Å². The second-order valence-electron chi connectivity index (χ2n) is 5.18. The van der Waals surface area contributed by atoms with Crippen LogP contribution in [-0.4, -0.2) is 48.0 Å². The van der Waals surface area contributed by atoms with Crippen molar-refractivity contribution in [1.29, 1.82) is 0 Å². The van der Waals surface area contributed by atoms with Gasteiger partial charge in [0.1, 0.15) is 11.5 Å². The molecule has 0 saturated heterocycles. The van der Waals surface area contributed by atoms with Crippen LogP contribution in [0, 0.1) is 6.92 Å². The molecule has 2 aromatic rings. The summed E-state index contributed by atoms with van der Waals surface area (Å²) in [6, 6.07) is 8.16. The number of rotatable bonds is 9. The molecule has 0 aliphatic rings. The molecule has 0 atom stereocenters. The van der Waals surface area contributed by atoms with E-state index in [9.17, 15) is 14.4 Å². The van der Waals surface area contributed by atoms with Crippen molar-refractivity contribution in [2.24, 2.45) is 0 Å². The Kier molecular flexibility index (Phi) is 7.22. The number of ketones is 1. The Morgan fingerprint density at radius 2 is 2.04 bits per heavy atom. The standard InChI is InChI=1S/C17H18N2O6S/c1-11-6-15(19-25-11)18-16(21)9-26-10-17(22)24-8-14(20)12-4-3-5-13(7-12)23-2/h3-7H,8-10H2,1-2H3,(H,18,19,21). The van der Waals surface area contributed by atoms with E-state index in [2.05, 4.69) is 10.5 Å². The number of anilines is 1. The van der Waals surface area contributed by atoms with Gasteiger partial charge in [0, 0.05) is 11.6 Å². The zero-order valence-electron chi connectivity index (χ0n) is 14.3. The number of aryl methyl sites for hydroxylation is 1. The Hall–Kier alpha value is -2.81. The number of ether oxygens (including phenoxy) is 2. The highest BCUT2D eigenvalue weighted by Crippen LogP contribution is 2.13. The number of nitrogens with one attached hydrogen (secondary N) is 1. The van der Waals surface area contributed by atoms with Gasteiger partial charge in [-0.25, -0.2) is 0 Å². The first-order valence-corrected chi connectivity index (χ1v) is 8.77. The third-order valence-electron chi connectivity index (χ3n) is 3.10. The lowest BCUT2D eigenvalue weighted by Gasteiger charge is -2.06. The fourth-order valence-electron chi connectivity index (χ4n) is 1.90. The quantitative estimate of drug-likeness (QED) is 0.522. The summed E-state index contributed by atoms with van der Waals surface area (Å²) in [5.41, 5.74) is 0.395. The molecule has 0 bridgehead atoms. The molecule has 9 heteroatoms. The van der Waals surface area contributed by atoms with Gasteiger partial charge in [-0.05, 0) is 19.1 Å². The van der Waals surface area contributed by atoms with Crippen LogP contribution in [0.4, 0.5) is 5.82 Å². The maximum atomic E-state index is 12.0. The van der Waals surface area contributed by atoms with Crippen molar-refractivity contribution in [1.82, 2.24) is 5.16 Å². The Labute approximate surface area is 154 Å². The van der Waals surface area contributed by atoms with Gasteiger partial charge >= 0.3 is 5.97 Å². The summed E-state index contributed by atoms with van der Waals surface area (Å²) >= 11 is 1.07. The van der Waals surface area contributed by atoms with E-state index in [0.29, 0.717) is 22.9 Å². The predicted octanol–water partition coefficient (Wildman–Crippen LogP) is 2.09. The van der Waals surface area contributed by atoms with Crippen LogP contribution >= 0.6 is 11.8 Å².